The Bertz CT molecular complexity index is 3320. The first kappa shape index (κ1) is 54.8. The SMILES string of the molecule is COc1cc(-c2ccc(N=Nc3c(S(=O)(=O)O)cc4cccc(S(=O)(=O)O)c4c3O)c(O)c2)ccc1N=Nc1c(S(=O)(=O)O)cc2cc(Nc3ccccc3)ccc2c1O.[Cu].[Na+].[Na+].[Na+]. The van der Waals surface area contributed by atoms with E-state index in [-0.39, 0.29) is 139 Å². The molecule has 0 bridgehead atoms. The van der Waals surface area contributed by atoms with Crippen LogP contribution in [0, 0.1) is 0 Å². The maximum absolute atomic E-state index is 12.5. The Morgan fingerprint density at radius 3 is 1.64 bits per heavy atom. The van der Waals surface area contributed by atoms with E-state index in [2.05, 4.69) is 25.8 Å². The summed E-state index contributed by atoms with van der Waals surface area (Å²) >= 11 is 0. The predicted molar refractivity (Wildman–Crippen MR) is 219 cm³/mol. The molecule has 64 heavy (non-hydrogen) atoms. The van der Waals surface area contributed by atoms with Gasteiger partial charge >= 0.3 is 88.7 Å². The van der Waals surface area contributed by atoms with Crippen LogP contribution in [0.25, 0.3) is 32.7 Å². The number of phenols is 3. The van der Waals surface area contributed by atoms with Gasteiger partial charge < -0.3 is 25.4 Å². The van der Waals surface area contributed by atoms with Gasteiger partial charge in [0, 0.05) is 39.2 Å². The van der Waals surface area contributed by atoms with Crippen molar-refractivity contribution in [1.29, 1.82) is 0 Å². The number of methoxy groups -OCH3 is 1. The molecule has 0 amide bonds. The third kappa shape index (κ3) is 11.9. The van der Waals surface area contributed by atoms with E-state index in [4.69, 9.17) is 4.74 Å². The summed E-state index contributed by atoms with van der Waals surface area (Å²) in [5.74, 6) is -2.00. The summed E-state index contributed by atoms with van der Waals surface area (Å²) in [6.45, 7) is 0. The van der Waals surface area contributed by atoms with Crippen molar-refractivity contribution in [1.82, 2.24) is 0 Å². The zero-order valence-electron chi connectivity index (χ0n) is 33.8. The van der Waals surface area contributed by atoms with Crippen molar-refractivity contribution < 1.29 is 165 Å². The number of fused-ring (bicyclic) bond motifs is 2. The number of aromatic hydroxyl groups is 3. The zero-order valence-corrected chi connectivity index (χ0v) is 43.2. The third-order valence-electron chi connectivity index (χ3n) is 8.99. The van der Waals surface area contributed by atoms with Crippen LogP contribution in [0.3, 0.4) is 0 Å². The third-order valence-corrected chi connectivity index (χ3v) is 11.6. The standard InChI is InChI=1S/C39H29N5O13S3.Cu.3Na/c1-57-31-18-22(11-15-29(31)42-43-36-34(60(54,55)56)20-24-16-26(12-13-27(24)38(36)46)40-25-7-3-2-4-8-25)21-10-14-28(30(45)17-21)41-44-37-33(59(51,52)53)19-23-6-5-9-32(58(48,49)50)35(23)39(37)47;;;;/h2-20,40,45-47H,1H3,(H,48,49,50)(H,51,52,53)(H,54,55,56);;;;/q;;3*+1. The molecule has 7 aromatic rings. The minimum absolute atomic E-state index is 0. The van der Waals surface area contributed by atoms with E-state index in [1.807, 2.05) is 30.3 Å². The molecule has 7 aromatic carbocycles. The maximum atomic E-state index is 12.5. The van der Waals surface area contributed by atoms with Gasteiger partial charge in [0.1, 0.15) is 48.9 Å². The molecule has 0 aliphatic carbocycles. The molecule has 7 N–H and O–H groups in total. The number of ether oxygens (including phenoxy) is 1. The van der Waals surface area contributed by atoms with Gasteiger partial charge in [-0.2, -0.15) is 25.3 Å². The van der Waals surface area contributed by atoms with Gasteiger partial charge in [-0.1, -0.05) is 42.5 Å². The molecular weight excluding hydrogens is 975 g/mol. The van der Waals surface area contributed by atoms with Crippen molar-refractivity contribution in [2.24, 2.45) is 20.5 Å². The van der Waals surface area contributed by atoms with Gasteiger partial charge in [-0.25, -0.2) is 0 Å². The maximum Gasteiger partial charge on any atom is 1.00 e. The van der Waals surface area contributed by atoms with Crippen molar-refractivity contribution in [2.45, 2.75) is 14.7 Å². The van der Waals surface area contributed by atoms with Crippen LogP contribution in [0.15, 0.2) is 150 Å². The minimum atomic E-state index is -5.08. The second-order valence-electron chi connectivity index (χ2n) is 12.8. The van der Waals surface area contributed by atoms with E-state index in [9.17, 15) is 54.2 Å². The summed E-state index contributed by atoms with van der Waals surface area (Å²) in [6, 6.07) is 27.8. The summed E-state index contributed by atoms with van der Waals surface area (Å²) in [5.41, 5.74) is 0.554. The Kier molecular flexibility index (Phi) is 18.7. The van der Waals surface area contributed by atoms with Crippen molar-refractivity contribution in [2.75, 3.05) is 12.4 Å². The topological polar surface area (TPSA) is 294 Å². The number of benzene rings is 7. The smallest absolute Gasteiger partial charge is 0.506 e. The van der Waals surface area contributed by atoms with Crippen LogP contribution in [0.4, 0.5) is 34.1 Å². The second kappa shape index (κ2) is 21.9. The first-order valence-corrected chi connectivity index (χ1v) is 21.3. The normalized spacial score (nSPS) is 11.7. The van der Waals surface area contributed by atoms with Gasteiger partial charge in [0.15, 0.2) is 11.5 Å². The predicted octanol–water partition coefficient (Wildman–Crippen LogP) is 0.109. The van der Waals surface area contributed by atoms with Gasteiger partial charge in [-0.15, -0.1) is 20.5 Å². The van der Waals surface area contributed by atoms with Gasteiger partial charge in [0.05, 0.1) is 7.11 Å². The average molecular weight is 1000 g/mol. The first-order valence-electron chi connectivity index (χ1n) is 17.0. The Balaban J connectivity index is 0.00000272. The number of nitrogens with one attached hydrogen (secondary N) is 1. The molecule has 25 heteroatoms. The number of anilines is 2. The summed E-state index contributed by atoms with van der Waals surface area (Å²) in [5, 5.41) is 51.6. The van der Waals surface area contributed by atoms with Crippen LogP contribution >= 0.6 is 0 Å². The largest absolute Gasteiger partial charge is 1.00 e. The molecule has 1 radical (unpaired) electrons. The summed E-state index contributed by atoms with van der Waals surface area (Å²) in [4.78, 5) is -2.42. The van der Waals surface area contributed by atoms with E-state index in [1.54, 1.807) is 18.2 Å². The minimum Gasteiger partial charge on any atom is -0.506 e. The number of hydrogen-bond acceptors (Lipinski definition) is 15. The van der Waals surface area contributed by atoms with Gasteiger partial charge in [0.2, 0.25) is 0 Å². The van der Waals surface area contributed by atoms with Gasteiger partial charge in [-0.3, -0.25) is 13.7 Å². The Hall–Kier alpha value is -3.49. The summed E-state index contributed by atoms with van der Waals surface area (Å²) in [7, 11) is -13.6. The number of phenolic OH excluding ortho intramolecular Hbond substituents is 3. The summed E-state index contributed by atoms with van der Waals surface area (Å²) in [6.07, 6.45) is 0. The molecule has 0 aliphatic rings. The van der Waals surface area contributed by atoms with Crippen molar-refractivity contribution >= 4 is 86.0 Å². The molecule has 0 saturated heterocycles. The molecule has 0 saturated carbocycles. The number of para-hydroxylation sites is 1. The number of azo groups is 2. The molecule has 0 fully saturated rings. The second-order valence-corrected chi connectivity index (χ2v) is 17.0. The van der Waals surface area contributed by atoms with Crippen LogP contribution in [0.2, 0.25) is 0 Å². The molecule has 7 rings (SSSR count). The van der Waals surface area contributed by atoms with E-state index in [0.29, 0.717) is 16.8 Å². The fourth-order valence-corrected chi connectivity index (χ4v) is 8.26. The van der Waals surface area contributed by atoms with Crippen LogP contribution < -0.4 is 98.7 Å². The van der Waals surface area contributed by atoms with Crippen LogP contribution in [-0.4, -0.2) is 61.3 Å². The number of nitrogens with zero attached hydrogens (tertiary/aromatic N) is 4. The van der Waals surface area contributed by atoms with E-state index >= 15 is 0 Å². The number of rotatable bonds is 11. The van der Waals surface area contributed by atoms with Crippen molar-refractivity contribution in [3.8, 4) is 34.1 Å². The molecule has 0 spiro atoms. The van der Waals surface area contributed by atoms with Crippen LogP contribution in [0.5, 0.6) is 23.0 Å². The van der Waals surface area contributed by atoms with Crippen LogP contribution in [-0.2, 0) is 47.4 Å². The first-order chi connectivity index (χ1) is 28.3. The molecule has 0 heterocycles. The molecule has 0 aliphatic heterocycles. The quantitative estimate of drug-likeness (QED) is 0.0515. The monoisotopic (exact) mass is 1000 g/mol. The summed E-state index contributed by atoms with van der Waals surface area (Å²) < 4.78 is 109. The fraction of sp³-hybridized carbons (Fsp3) is 0.0256. The molecule has 0 atom stereocenters. The molecule has 18 nitrogen and oxygen atoms in total. The fourth-order valence-electron chi connectivity index (χ4n) is 6.22. The average Bonchev–Trinajstić information content (AvgIpc) is 3.19. The van der Waals surface area contributed by atoms with Crippen molar-refractivity contribution in [3.05, 3.63) is 115 Å². The van der Waals surface area contributed by atoms with E-state index in [1.165, 1.54) is 55.6 Å². The van der Waals surface area contributed by atoms with E-state index < -0.39 is 79.1 Å². The molecule has 317 valence electrons. The molecule has 0 unspecified atom stereocenters. The molecular formula is C39H29CuN5Na3O13S3+3. The number of hydrogen-bond donors (Lipinski definition) is 7. The Morgan fingerprint density at radius 1 is 0.516 bits per heavy atom. The van der Waals surface area contributed by atoms with Gasteiger partial charge in [0.25, 0.3) is 30.4 Å². The Morgan fingerprint density at radius 2 is 1.06 bits per heavy atom. The Labute approximate surface area is 442 Å². The van der Waals surface area contributed by atoms with Crippen molar-refractivity contribution in [3.63, 3.8) is 0 Å². The van der Waals surface area contributed by atoms with E-state index in [0.717, 1.165) is 23.9 Å². The van der Waals surface area contributed by atoms with Crippen LogP contribution in [0.1, 0.15) is 0 Å². The van der Waals surface area contributed by atoms with Gasteiger partial charge in [-0.05, 0) is 94.7 Å². The molecule has 0 aromatic heterocycles. The zero-order chi connectivity index (χ0) is 43.1.